The van der Waals surface area contributed by atoms with E-state index in [1.54, 1.807) is 18.2 Å². The van der Waals surface area contributed by atoms with Gasteiger partial charge in [-0.15, -0.1) is 0 Å². The summed E-state index contributed by atoms with van der Waals surface area (Å²) in [5.41, 5.74) is 1.04. The molecule has 3 aromatic rings. The lowest BCUT2D eigenvalue weighted by Crippen LogP contribution is -1.93. The Labute approximate surface area is 122 Å². The molecule has 0 aliphatic rings. The van der Waals surface area contributed by atoms with Crippen LogP contribution in [-0.2, 0) is 0 Å². The minimum absolute atomic E-state index is 0.231. The van der Waals surface area contributed by atoms with Crippen LogP contribution in [0.5, 0.6) is 0 Å². The Kier molecular flexibility index (Phi) is 3.31. The quantitative estimate of drug-likeness (QED) is 0.677. The lowest BCUT2D eigenvalue weighted by atomic mass is 10.3. The van der Waals surface area contributed by atoms with Crippen molar-refractivity contribution in [2.24, 2.45) is 0 Å². The zero-order chi connectivity index (χ0) is 13.4. The number of rotatable bonds is 2. The van der Waals surface area contributed by atoms with E-state index < -0.39 is 5.82 Å². The molecule has 0 spiro atoms. The lowest BCUT2D eigenvalue weighted by molar-refractivity contribution is 0.632. The van der Waals surface area contributed by atoms with Gasteiger partial charge in [-0.3, -0.25) is 0 Å². The molecule has 96 valence electrons. The van der Waals surface area contributed by atoms with E-state index in [9.17, 15) is 4.39 Å². The Balaban J connectivity index is 2.01. The first-order valence-corrected chi connectivity index (χ1v) is 6.98. The highest BCUT2D eigenvalue weighted by molar-refractivity contribution is 7.22. The van der Waals surface area contributed by atoms with E-state index in [-0.39, 0.29) is 5.69 Å². The fourth-order valence-corrected chi connectivity index (χ4v) is 3.03. The molecule has 0 amide bonds. The Bertz CT molecular complexity index is 737. The summed E-state index contributed by atoms with van der Waals surface area (Å²) >= 11 is 13.3. The van der Waals surface area contributed by atoms with E-state index in [0.29, 0.717) is 15.2 Å². The Hall–Kier alpha value is -1.36. The summed E-state index contributed by atoms with van der Waals surface area (Å²) in [5, 5.41) is 4.44. The Morgan fingerprint density at radius 3 is 2.79 bits per heavy atom. The monoisotopic (exact) mass is 312 g/mol. The number of fused-ring (bicyclic) bond motifs is 1. The van der Waals surface area contributed by atoms with Gasteiger partial charge in [-0.25, -0.2) is 9.37 Å². The number of thiazole rings is 1. The highest BCUT2D eigenvalue weighted by Crippen LogP contribution is 2.33. The van der Waals surface area contributed by atoms with Crippen LogP contribution >= 0.6 is 34.5 Å². The van der Waals surface area contributed by atoms with Crippen molar-refractivity contribution >= 4 is 55.6 Å². The lowest BCUT2D eigenvalue weighted by Gasteiger charge is -2.05. The highest BCUT2D eigenvalue weighted by atomic mass is 35.5. The second-order valence-corrected chi connectivity index (χ2v) is 5.73. The van der Waals surface area contributed by atoms with Crippen LogP contribution in [-0.4, -0.2) is 4.98 Å². The van der Waals surface area contributed by atoms with Gasteiger partial charge < -0.3 is 5.32 Å². The van der Waals surface area contributed by atoms with Crippen LogP contribution in [0.25, 0.3) is 10.2 Å². The number of para-hydroxylation sites is 1. The molecule has 1 heterocycles. The average molecular weight is 313 g/mol. The minimum atomic E-state index is -0.412. The van der Waals surface area contributed by atoms with Crippen molar-refractivity contribution in [3.05, 3.63) is 52.3 Å². The van der Waals surface area contributed by atoms with Crippen LogP contribution in [0.3, 0.4) is 0 Å². The SMILES string of the molecule is Fc1cccc(Cl)c1Nc1nc2ccc(Cl)cc2s1. The molecule has 0 aliphatic heterocycles. The van der Waals surface area contributed by atoms with Crippen LogP contribution in [0, 0.1) is 5.82 Å². The molecule has 0 saturated heterocycles. The average Bonchev–Trinajstić information content (AvgIpc) is 2.75. The van der Waals surface area contributed by atoms with Gasteiger partial charge in [-0.1, -0.05) is 40.6 Å². The van der Waals surface area contributed by atoms with Crippen molar-refractivity contribution < 1.29 is 4.39 Å². The fraction of sp³-hybridized carbons (Fsp3) is 0. The van der Waals surface area contributed by atoms with Crippen molar-refractivity contribution in [1.29, 1.82) is 0 Å². The number of hydrogen-bond donors (Lipinski definition) is 1. The van der Waals surface area contributed by atoms with E-state index in [1.807, 2.05) is 12.1 Å². The summed E-state index contributed by atoms with van der Waals surface area (Å²) in [4.78, 5) is 4.35. The smallest absolute Gasteiger partial charge is 0.188 e. The molecule has 0 saturated carbocycles. The van der Waals surface area contributed by atoms with Gasteiger partial charge in [-0.05, 0) is 30.3 Å². The second kappa shape index (κ2) is 4.96. The Morgan fingerprint density at radius 1 is 1.16 bits per heavy atom. The van der Waals surface area contributed by atoms with Gasteiger partial charge in [0.15, 0.2) is 5.13 Å². The van der Waals surface area contributed by atoms with Crippen molar-refractivity contribution in [1.82, 2.24) is 4.98 Å². The van der Waals surface area contributed by atoms with Crippen molar-refractivity contribution in [2.75, 3.05) is 5.32 Å². The number of aromatic nitrogens is 1. The maximum absolute atomic E-state index is 13.7. The van der Waals surface area contributed by atoms with Gasteiger partial charge in [0.25, 0.3) is 0 Å². The summed E-state index contributed by atoms with van der Waals surface area (Å²) in [6.07, 6.45) is 0. The molecular weight excluding hydrogens is 306 g/mol. The molecule has 0 unspecified atom stereocenters. The number of nitrogens with one attached hydrogen (secondary N) is 1. The first-order chi connectivity index (χ1) is 9.13. The van der Waals surface area contributed by atoms with Crippen molar-refractivity contribution in [3.8, 4) is 0 Å². The van der Waals surface area contributed by atoms with Crippen LogP contribution in [0.2, 0.25) is 10.0 Å². The van der Waals surface area contributed by atoms with Crippen LogP contribution in [0.4, 0.5) is 15.2 Å². The summed E-state index contributed by atoms with van der Waals surface area (Å²) in [6, 6.07) is 9.94. The highest BCUT2D eigenvalue weighted by Gasteiger charge is 2.10. The van der Waals surface area contributed by atoms with Gasteiger partial charge in [0.1, 0.15) is 5.82 Å². The van der Waals surface area contributed by atoms with Gasteiger partial charge in [0, 0.05) is 5.02 Å². The summed E-state index contributed by atoms with van der Waals surface area (Å²) in [6.45, 7) is 0. The number of halogens is 3. The molecule has 2 nitrogen and oxygen atoms in total. The molecular formula is C13H7Cl2FN2S. The maximum Gasteiger partial charge on any atom is 0.188 e. The van der Waals surface area contributed by atoms with Gasteiger partial charge in [0.05, 0.1) is 20.9 Å². The normalized spacial score (nSPS) is 10.9. The summed E-state index contributed by atoms with van der Waals surface area (Å²) in [7, 11) is 0. The van der Waals surface area contributed by atoms with E-state index in [2.05, 4.69) is 10.3 Å². The fourth-order valence-electron chi connectivity index (χ4n) is 1.68. The number of nitrogens with zero attached hydrogens (tertiary/aromatic N) is 1. The van der Waals surface area contributed by atoms with Gasteiger partial charge in [0.2, 0.25) is 0 Å². The van der Waals surface area contributed by atoms with E-state index in [1.165, 1.54) is 17.4 Å². The van der Waals surface area contributed by atoms with Gasteiger partial charge in [-0.2, -0.15) is 0 Å². The molecule has 0 bridgehead atoms. The molecule has 1 N–H and O–H groups in total. The largest absolute Gasteiger partial charge is 0.328 e. The number of anilines is 2. The van der Waals surface area contributed by atoms with E-state index in [0.717, 1.165) is 10.2 Å². The minimum Gasteiger partial charge on any atom is -0.328 e. The summed E-state index contributed by atoms with van der Waals surface area (Å²) in [5.74, 6) is -0.412. The number of hydrogen-bond acceptors (Lipinski definition) is 3. The van der Waals surface area contributed by atoms with Crippen LogP contribution in [0.1, 0.15) is 0 Å². The predicted octanol–water partition coefficient (Wildman–Crippen LogP) is 5.49. The third kappa shape index (κ3) is 2.52. The maximum atomic E-state index is 13.7. The van der Waals surface area contributed by atoms with Crippen molar-refractivity contribution in [2.45, 2.75) is 0 Å². The Morgan fingerprint density at radius 2 is 2.00 bits per heavy atom. The van der Waals surface area contributed by atoms with E-state index in [4.69, 9.17) is 23.2 Å². The molecule has 2 aromatic carbocycles. The molecule has 3 rings (SSSR count). The molecule has 6 heteroatoms. The molecule has 0 atom stereocenters. The first kappa shape index (κ1) is 12.7. The first-order valence-electron chi connectivity index (χ1n) is 5.40. The standard InChI is InChI=1S/C13H7Cl2FN2S/c14-7-4-5-10-11(6-7)19-13(17-10)18-12-8(15)2-1-3-9(12)16/h1-6H,(H,17,18). The van der Waals surface area contributed by atoms with Crippen molar-refractivity contribution in [3.63, 3.8) is 0 Å². The molecule has 0 radical (unpaired) electrons. The molecule has 0 aliphatic carbocycles. The topological polar surface area (TPSA) is 24.9 Å². The zero-order valence-electron chi connectivity index (χ0n) is 9.45. The third-order valence-electron chi connectivity index (χ3n) is 2.55. The second-order valence-electron chi connectivity index (χ2n) is 3.85. The third-order valence-corrected chi connectivity index (χ3v) is 4.03. The van der Waals surface area contributed by atoms with Gasteiger partial charge >= 0.3 is 0 Å². The zero-order valence-corrected chi connectivity index (χ0v) is 11.8. The molecule has 19 heavy (non-hydrogen) atoms. The summed E-state index contributed by atoms with van der Waals surface area (Å²) < 4.78 is 14.6. The van der Waals surface area contributed by atoms with Crippen LogP contribution < -0.4 is 5.32 Å². The molecule has 0 fully saturated rings. The number of benzene rings is 2. The van der Waals surface area contributed by atoms with Crippen LogP contribution in [0.15, 0.2) is 36.4 Å². The molecule has 1 aromatic heterocycles. The predicted molar refractivity (Wildman–Crippen MR) is 79.3 cm³/mol. The van der Waals surface area contributed by atoms with E-state index >= 15 is 0 Å².